The number of anilines is 1. The number of nitrogens with two attached hydrogens (primary N) is 1. The Morgan fingerprint density at radius 2 is 2.15 bits per heavy atom. The van der Waals surface area contributed by atoms with Crippen molar-refractivity contribution in [2.75, 3.05) is 12.3 Å². The monoisotopic (exact) mass is 295 g/mol. The summed E-state index contributed by atoms with van der Waals surface area (Å²) in [5, 5.41) is 7.48. The summed E-state index contributed by atoms with van der Waals surface area (Å²) in [5.41, 5.74) is 6.92. The number of nitrogen functional groups attached to an aromatic ring is 1. The van der Waals surface area contributed by atoms with Crippen LogP contribution in [0.2, 0.25) is 0 Å². The lowest BCUT2D eigenvalue weighted by Crippen LogP contribution is -2.25. The number of rotatable bonds is 6. The molecule has 2 aromatic rings. The zero-order valence-corrected chi connectivity index (χ0v) is 12.0. The Labute approximate surface area is 117 Å². The third-order valence-electron chi connectivity index (χ3n) is 2.71. The zero-order chi connectivity index (χ0) is 14.6. The summed E-state index contributed by atoms with van der Waals surface area (Å²) in [5.74, 6) is 0. The molecule has 0 aliphatic heterocycles. The van der Waals surface area contributed by atoms with Crippen LogP contribution in [0.3, 0.4) is 0 Å². The van der Waals surface area contributed by atoms with Gasteiger partial charge in [-0.3, -0.25) is 4.68 Å². The molecule has 0 radical (unpaired) electrons. The lowest BCUT2D eigenvalue weighted by molar-refractivity contribution is 0.542. The predicted octanol–water partition coefficient (Wildman–Crippen LogP) is 0.537. The molecule has 1 aromatic carbocycles. The number of benzene rings is 1. The lowest BCUT2D eigenvalue weighted by Gasteiger charge is -2.08. The van der Waals surface area contributed by atoms with Crippen LogP contribution in [-0.4, -0.2) is 30.0 Å². The molecular weight excluding hydrogens is 278 g/mol. The van der Waals surface area contributed by atoms with Crippen molar-refractivity contribution in [3.05, 3.63) is 36.2 Å². The molecular formula is C12H17N5O2S. The zero-order valence-electron chi connectivity index (χ0n) is 11.2. The molecule has 0 aliphatic rings. The van der Waals surface area contributed by atoms with E-state index >= 15 is 0 Å². The van der Waals surface area contributed by atoms with E-state index in [2.05, 4.69) is 15.0 Å². The molecule has 0 saturated carbocycles. The molecule has 1 aromatic heterocycles. The second kappa shape index (κ2) is 6.02. The molecule has 0 unspecified atom stereocenters. The van der Waals surface area contributed by atoms with E-state index in [0.717, 1.165) is 5.56 Å². The number of nitrogens with zero attached hydrogens (tertiary/aromatic N) is 3. The number of sulfonamides is 1. The highest BCUT2D eigenvalue weighted by Crippen LogP contribution is 2.15. The van der Waals surface area contributed by atoms with Gasteiger partial charge < -0.3 is 5.73 Å². The minimum absolute atomic E-state index is 0.191. The molecule has 7 nitrogen and oxygen atoms in total. The number of hydrogen-bond acceptors (Lipinski definition) is 5. The van der Waals surface area contributed by atoms with E-state index in [9.17, 15) is 8.42 Å². The first-order valence-corrected chi connectivity index (χ1v) is 7.66. The average Bonchev–Trinajstić information content (AvgIpc) is 2.86. The SMILES string of the molecule is Cc1cc(N)cc(S(=O)(=O)NCCCn2ccnn2)c1. The molecule has 3 N–H and O–H groups in total. The van der Waals surface area contributed by atoms with Crippen molar-refractivity contribution in [3.63, 3.8) is 0 Å². The van der Waals surface area contributed by atoms with Crippen LogP contribution in [-0.2, 0) is 16.6 Å². The molecule has 0 bridgehead atoms. The molecule has 0 amide bonds. The standard InChI is InChI=1S/C12H17N5O2S/c1-10-7-11(13)9-12(8-10)20(18,19)15-3-2-5-17-6-4-14-16-17/h4,6-9,15H,2-3,5,13H2,1H3. The predicted molar refractivity (Wildman–Crippen MR) is 75.4 cm³/mol. The maximum Gasteiger partial charge on any atom is 0.240 e. The Morgan fingerprint density at radius 3 is 2.80 bits per heavy atom. The van der Waals surface area contributed by atoms with Crippen LogP contribution in [0.4, 0.5) is 5.69 Å². The van der Waals surface area contributed by atoms with Gasteiger partial charge in [0.2, 0.25) is 10.0 Å². The normalized spacial score (nSPS) is 11.7. The fourth-order valence-corrected chi connectivity index (χ4v) is 3.03. The van der Waals surface area contributed by atoms with Crippen LogP contribution < -0.4 is 10.5 Å². The first-order chi connectivity index (χ1) is 9.47. The quantitative estimate of drug-likeness (QED) is 0.598. The van der Waals surface area contributed by atoms with Crippen molar-refractivity contribution in [2.45, 2.75) is 24.8 Å². The Morgan fingerprint density at radius 1 is 1.35 bits per heavy atom. The number of aryl methyl sites for hydroxylation is 2. The maximum atomic E-state index is 12.1. The first-order valence-electron chi connectivity index (χ1n) is 6.18. The van der Waals surface area contributed by atoms with Gasteiger partial charge in [0.15, 0.2) is 0 Å². The number of nitrogens with one attached hydrogen (secondary N) is 1. The van der Waals surface area contributed by atoms with Gasteiger partial charge in [0.1, 0.15) is 0 Å². The fraction of sp³-hybridized carbons (Fsp3) is 0.333. The van der Waals surface area contributed by atoms with Crippen LogP contribution in [0.5, 0.6) is 0 Å². The Kier molecular flexibility index (Phi) is 4.35. The Hall–Kier alpha value is -1.93. The van der Waals surface area contributed by atoms with Crippen molar-refractivity contribution in [2.24, 2.45) is 0 Å². The van der Waals surface area contributed by atoms with Crippen molar-refractivity contribution in [1.29, 1.82) is 0 Å². The van der Waals surface area contributed by atoms with Gasteiger partial charge in [0.05, 0.1) is 11.1 Å². The van der Waals surface area contributed by atoms with E-state index < -0.39 is 10.0 Å². The summed E-state index contributed by atoms with van der Waals surface area (Å²) in [7, 11) is -3.52. The van der Waals surface area contributed by atoms with E-state index in [4.69, 9.17) is 5.73 Å². The number of aromatic nitrogens is 3. The van der Waals surface area contributed by atoms with E-state index in [0.29, 0.717) is 25.2 Å². The number of hydrogen-bond donors (Lipinski definition) is 2. The third kappa shape index (κ3) is 3.78. The van der Waals surface area contributed by atoms with Crippen molar-refractivity contribution < 1.29 is 8.42 Å². The van der Waals surface area contributed by atoms with E-state index in [1.54, 1.807) is 36.1 Å². The Balaban J connectivity index is 1.93. The summed E-state index contributed by atoms with van der Waals surface area (Å²) < 4.78 is 28.4. The highest BCUT2D eigenvalue weighted by molar-refractivity contribution is 7.89. The third-order valence-corrected chi connectivity index (χ3v) is 4.15. The van der Waals surface area contributed by atoms with Gasteiger partial charge in [0, 0.05) is 25.0 Å². The summed E-state index contributed by atoms with van der Waals surface area (Å²) in [6.45, 7) is 2.74. The topological polar surface area (TPSA) is 103 Å². The molecule has 0 spiro atoms. The smallest absolute Gasteiger partial charge is 0.240 e. The Bertz CT molecular complexity index is 647. The van der Waals surface area contributed by atoms with Crippen LogP contribution in [0.15, 0.2) is 35.5 Å². The van der Waals surface area contributed by atoms with E-state index in [1.807, 2.05) is 0 Å². The highest BCUT2D eigenvalue weighted by atomic mass is 32.2. The van der Waals surface area contributed by atoms with Gasteiger partial charge in [-0.1, -0.05) is 5.21 Å². The van der Waals surface area contributed by atoms with Crippen LogP contribution in [0.25, 0.3) is 0 Å². The van der Waals surface area contributed by atoms with Gasteiger partial charge >= 0.3 is 0 Å². The highest BCUT2D eigenvalue weighted by Gasteiger charge is 2.14. The van der Waals surface area contributed by atoms with Gasteiger partial charge in [0.25, 0.3) is 0 Å². The molecule has 0 aliphatic carbocycles. The van der Waals surface area contributed by atoms with E-state index in [1.165, 1.54) is 6.07 Å². The molecule has 2 rings (SSSR count). The van der Waals surface area contributed by atoms with Gasteiger partial charge in [-0.25, -0.2) is 13.1 Å². The molecule has 20 heavy (non-hydrogen) atoms. The summed E-state index contributed by atoms with van der Waals surface area (Å²) in [4.78, 5) is 0.191. The maximum absolute atomic E-state index is 12.1. The van der Waals surface area contributed by atoms with E-state index in [-0.39, 0.29) is 4.90 Å². The summed E-state index contributed by atoms with van der Waals surface area (Å²) >= 11 is 0. The summed E-state index contributed by atoms with van der Waals surface area (Å²) in [6.07, 6.45) is 3.94. The minimum Gasteiger partial charge on any atom is -0.399 e. The van der Waals surface area contributed by atoms with Gasteiger partial charge in [-0.15, -0.1) is 5.10 Å². The second-order valence-electron chi connectivity index (χ2n) is 4.50. The first kappa shape index (κ1) is 14.5. The van der Waals surface area contributed by atoms with Crippen LogP contribution >= 0.6 is 0 Å². The van der Waals surface area contributed by atoms with Crippen LogP contribution in [0.1, 0.15) is 12.0 Å². The molecule has 0 atom stereocenters. The average molecular weight is 295 g/mol. The van der Waals surface area contributed by atoms with Crippen molar-refractivity contribution in [3.8, 4) is 0 Å². The van der Waals surface area contributed by atoms with Crippen molar-refractivity contribution in [1.82, 2.24) is 19.7 Å². The minimum atomic E-state index is -3.52. The van der Waals surface area contributed by atoms with Crippen LogP contribution in [0, 0.1) is 6.92 Å². The van der Waals surface area contributed by atoms with Crippen molar-refractivity contribution >= 4 is 15.7 Å². The molecule has 108 valence electrons. The summed E-state index contributed by atoms with van der Waals surface area (Å²) in [6, 6.07) is 4.77. The molecule has 0 saturated heterocycles. The second-order valence-corrected chi connectivity index (χ2v) is 6.26. The fourth-order valence-electron chi connectivity index (χ4n) is 1.81. The molecule has 0 fully saturated rings. The van der Waals surface area contributed by atoms with Gasteiger partial charge in [-0.2, -0.15) is 0 Å². The molecule has 1 heterocycles. The van der Waals surface area contributed by atoms with Gasteiger partial charge in [-0.05, 0) is 37.1 Å². The largest absolute Gasteiger partial charge is 0.399 e. The lowest BCUT2D eigenvalue weighted by atomic mass is 10.2. The molecule has 8 heteroatoms.